The van der Waals surface area contributed by atoms with Gasteiger partial charge in [0.05, 0.1) is 24.5 Å². The summed E-state index contributed by atoms with van der Waals surface area (Å²) in [5.74, 6) is -0.610. The first kappa shape index (κ1) is 30.4. The van der Waals surface area contributed by atoms with Gasteiger partial charge in [0.25, 0.3) is 0 Å². The SMILES string of the molecule is CC1C(CSc2nnnn2-c2ccccc2)OC(c2ccc(NC(=O)CCCC(=O)O)cc2)OC1c1ccc(CO)cc1. The second-order valence-electron chi connectivity index (χ2n) is 10.3. The highest BCUT2D eigenvalue weighted by molar-refractivity contribution is 7.99. The van der Waals surface area contributed by atoms with E-state index in [0.29, 0.717) is 16.6 Å². The topological polar surface area (TPSA) is 149 Å². The summed E-state index contributed by atoms with van der Waals surface area (Å²) in [6.07, 6.45) is -0.818. The van der Waals surface area contributed by atoms with Crippen molar-refractivity contribution in [2.24, 2.45) is 5.92 Å². The number of hydrogen-bond donors (Lipinski definition) is 3. The molecule has 0 spiro atoms. The largest absolute Gasteiger partial charge is 0.481 e. The van der Waals surface area contributed by atoms with Crippen molar-refractivity contribution in [3.8, 4) is 5.69 Å². The molecule has 4 atom stereocenters. The normalized spacial score (nSPS) is 20.0. The van der Waals surface area contributed by atoms with Crippen molar-refractivity contribution in [2.45, 2.75) is 56.4 Å². The molecule has 0 saturated carbocycles. The minimum atomic E-state index is -0.923. The average Bonchev–Trinajstić information content (AvgIpc) is 3.50. The van der Waals surface area contributed by atoms with Crippen LogP contribution >= 0.6 is 11.8 Å². The first-order valence-corrected chi connectivity index (χ1v) is 15.0. The van der Waals surface area contributed by atoms with E-state index in [1.54, 1.807) is 16.8 Å². The Morgan fingerprint density at radius 3 is 2.37 bits per heavy atom. The van der Waals surface area contributed by atoms with Crippen LogP contribution in [-0.2, 0) is 25.7 Å². The number of nitrogens with zero attached hydrogens (tertiary/aromatic N) is 4. The lowest BCUT2D eigenvalue weighted by Crippen LogP contribution is -2.38. The number of rotatable bonds is 12. The van der Waals surface area contributed by atoms with Crippen LogP contribution in [0.15, 0.2) is 84.0 Å². The number of carbonyl (C=O) groups is 2. The van der Waals surface area contributed by atoms with Gasteiger partial charge >= 0.3 is 5.97 Å². The number of carboxylic acids is 1. The van der Waals surface area contributed by atoms with Crippen molar-refractivity contribution >= 4 is 29.3 Å². The number of aliphatic hydroxyl groups is 1. The molecule has 5 rings (SSSR count). The van der Waals surface area contributed by atoms with E-state index in [9.17, 15) is 14.7 Å². The minimum Gasteiger partial charge on any atom is -0.481 e. The highest BCUT2D eigenvalue weighted by Gasteiger charge is 2.38. The predicted octanol–water partition coefficient (Wildman–Crippen LogP) is 4.93. The van der Waals surface area contributed by atoms with Gasteiger partial charge in [-0.1, -0.05) is 73.3 Å². The summed E-state index contributed by atoms with van der Waals surface area (Å²) in [6.45, 7) is 2.06. The number of aliphatic hydroxyl groups excluding tert-OH is 1. The Labute approximate surface area is 253 Å². The van der Waals surface area contributed by atoms with Gasteiger partial charge in [0.1, 0.15) is 0 Å². The molecule has 43 heavy (non-hydrogen) atoms. The van der Waals surface area contributed by atoms with Crippen LogP contribution in [0.2, 0.25) is 0 Å². The monoisotopic (exact) mass is 603 g/mol. The number of amides is 1. The highest BCUT2D eigenvalue weighted by Crippen LogP contribution is 2.43. The summed E-state index contributed by atoms with van der Waals surface area (Å²) in [7, 11) is 0. The van der Waals surface area contributed by atoms with Crippen LogP contribution in [-0.4, -0.2) is 54.2 Å². The summed E-state index contributed by atoms with van der Waals surface area (Å²) in [4.78, 5) is 22.9. The summed E-state index contributed by atoms with van der Waals surface area (Å²) in [5.41, 5.74) is 4.05. The molecule has 1 fully saturated rings. The summed E-state index contributed by atoms with van der Waals surface area (Å²) >= 11 is 1.51. The molecule has 0 aliphatic carbocycles. The van der Waals surface area contributed by atoms with Crippen molar-refractivity contribution in [1.82, 2.24) is 20.2 Å². The molecule has 224 valence electrons. The number of para-hydroxylation sites is 1. The maximum atomic E-state index is 12.2. The van der Waals surface area contributed by atoms with E-state index < -0.39 is 12.3 Å². The molecular weight excluding hydrogens is 570 g/mol. The van der Waals surface area contributed by atoms with Gasteiger partial charge < -0.3 is 25.0 Å². The molecule has 4 unspecified atom stereocenters. The average molecular weight is 604 g/mol. The van der Waals surface area contributed by atoms with Gasteiger partial charge in [0, 0.05) is 35.8 Å². The molecular formula is C31H33N5O6S. The van der Waals surface area contributed by atoms with Crippen molar-refractivity contribution in [3.63, 3.8) is 0 Å². The van der Waals surface area contributed by atoms with E-state index in [0.717, 1.165) is 22.4 Å². The van der Waals surface area contributed by atoms with Crippen LogP contribution in [0.25, 0.3) is 5.69 Å². The van der Waals surface area contributed by atoms with Crippen LogP contribution in [0.3, 0.4) is 0 Å². The quantitative estimate of drug-likeness (QED) is 0.190. The number of aromatic nitrogens is 4. The number of aliphatic carboxylic acids is 1. The van der Waals surface area contributed by atoms with E-state index in [-0.39, 0.29) is 49.9 Å². The van der Waals surface area contributed by atoms with Gasteiger partial charge in [-0.2, -0.15) is 4.68 Å². The standard InChI is InChI=1S/C31H33N5O6S/c1-20-26(19-43-31-33-34-35-36(31)25-6-3-2-4-7-25)41-30(42-29(20)22-12-10-21(18-37)11-13-22)23-14-16-24(17-15-23)32-27(38)8-5-9-28(39)40/h2-4,6-7,10-17,20,26,29-30,37H,5,8-9,18-19H2,1H3,(H,32,38)(H,39,40). The first-order chi connectivity index (χ1) is 20.9. The van der Waals surface area contributed by atoms with E-state index >= 15 is 0 Å². The molecule has 1 aromatic heterocycles. The maximum Gasteiger partial charge on any atom is 0.303 e. The Morgan fingerprint density at radius 2 is 1.67 bits per heavy atom. The number of nitrogens with one attached hydrogen (secondary N) is 1. The number of thioether (sulfide) groups is 1. The summed E-state index contributed by atoms with van der Waals surface area (Å²) in [5, 5.41) is 34.0. The van der Waals surface area contributed by atoms with Crippen molar-refractivity contribution in [1.29, 1.82) is 0 Å². The van der Waals surface area contributed by atoms with Crippen LogP contribution in [0, 0.1) is 5.92 Å². The number of anilines is 1. The number of benzene rings is 3. The Bertz CT molecular complexity index is 1500. The summed E-state index contributed by atoms with van der Waals surface area (Å²) < 4.78 is 14.7. The van der Waals surface area contributed by atoms with Crippen LogP contribution < -0.4 is 5.32 Å². The Hall–Kier alpha value is -4.10. The molecule has 1 aliphatic rings. The third kappa shape index (κ3) is 7.85. The molecule has 1 amide bonds. The van der Waals surface area contributed by atoms with E-state index in [2.05, 4.69) is 27.8 Å². The number of carbonyl (C=O) groups excluding carboxylic acids is 1. The van der Waals surface area contributed by atoms with Gasteiger partial charge in [0.2, 0.25) is 11.1 Å². The lowest BCUT2D eigenvalue weighted by Gasteiger charge is -2.41. The second-order valence-corrected chi connectivity index (χ2v) is 11.2. The van der Waals surface area contributed by atoms with Crippen LogP contribution in [0.4, 0.5) is 5.69 Å². The van der Waals surface area contributed by atoms with Gasteiger partial charge in [0.15, 0.2) is 6.29 Å². The predicted molar refractivity (Wildman–Crippen MR) is 159 cm³/mol. The molecule has 2 heterocycles. The van der Waals surface area contributed by atoms with Gasteiger partial charge in [-0.25, -0.2) is 0 Å². The number of hydrogen-bond acceptors (Lipinski definition) is 9. The molecule has 1 aliphatic heterocycles. The maximum absolute atomic E-state index is 12.2. The highest BCUT2D eigenvalue weighted by atomic mass is 32.2. The van der Waals surface area contributed by atoms with E-state index in [1.165, 1.54) is 11.8 Å². The number of carboxylic acid groups (broad SMARTS) is 1. The molecule has 4 aromatic rings. The Balaban J connectivity index is 1.32. The van der Waals surface area contributed by atoms with Crippen molar-refractivity contribution in [3.05, 3.63) is 95.6 Å². The van der Waals surface area contributed by atoms with E-state index in [4.69, 9.17) is 14.6 Å². The smallest absolute Gasteiger partial charge is 0.303 e. The van der Waals surface area contributed by atoms with Gasteiger partial charge in [-0.3, -0.25) is 9.59 Å². The zero-order chi connectivity index (χ0) is 30.2. The zero-order valence-electron chi connectivity index (χ0n) is 23.6. The summed E-state index contributed by atoms with van der Waals surface area (Å²) in [6, 6.07) is 24.7. The fraction of sp³-hybridized carbons (Fsp3) is 0.323. The number of tetrazole rings is 1. The van der Waals surface area contributed by atoms with Gasteiger partial charge in [-0.15, -0.1) is 5.10 Å². The molecule has 0 radical (unpaired) electrons. The molecule has 0 bridgehead atoms. The molecule has 12 heteroatoms. The Kier molecular flexibility index (Phi) is 10.2. The Morgan fingerprint density at radius 1 is 0.953 bits per heavy atom. The molecule has 3 aromatic carbocycles. The van der Waals surface area contributed by atoms with Gasteiger partial charge in [-0.05, 0) is 52.2 Å². The second kappa shape index (κ2) is 14.4. The lowest BCUT2D eigenvalue weighted by atomic mass is 9.91. The minimum absolute atomic E-state index is 0.0193. The van der Waals surface area contributed by atoms with Crippen molar-refractivity contribution < 1.29 is 29.3 Å². The third-order valence-electron chi connectivity index (χ3n) is 7.20. The fourth-order valence-corrected chi connectivity index (χ4v) is 5.87. The van der Waals surface area contributed by atoms with E-state index in [1.807, 2.05) is 66.7 Å². The lowest BCUT2D eigenvalue weighted by molar-refractivity contribution is -0.268. The third-order valence-corrected chi connectivity index (χ3v) is 8.21. The molecule has 3 N–H and O–H groups in total. The molecule has 11 nitrogen and oxygen atoms in total. The number of ether oxygens (including phenoxy) is 2. The van der Waals surface area contributed by atoms with Crippen molar-refractivity contribution in [2.75, 3.05) is 11.1 Å². The molecule has 1 saturated heterocycles. The zero-order valence-corrected chi connectivity index (χ0v) is 24.4. The van der Waals surface area contributed by atoms with Crippen LogP contribution in [0.1, 0.15) is 55.3 Å². The first-order valence-electron chi connectivity index (χ1n) is 14.0. The fourth-order valence-electron chi connectivity index (χ4n) is 4.81. The van der Waals surface area contributed by atoms with Crippen LogP contribution in [0.5, 0.6) is 0 Å².